The van der Waals surface area contributed by atoms with E-state index in [-0.39, 0.29) is 16.7 Å². The maximum Gasteiger partial charge on any atom is 0.259 e. The van der Waals surface area contributed by atoms with E-state index in [0.29, 0.717) is 17.0 Å². The van der Waals surface area contributed by atoms with E-state index in [1.807, 2.05) is 25.7 Å². The number of aromatic nitrogens is 2. The third-order valence-electron chi connectivity index (χ3n) is 6.75. The van der Waals surface area contributed by atoms with Gasteiger partial charge >= 0.3 is 0 Å². The minimum Gasteiger partial charge on any atom is -0.493 e. The SMILES string of the molecule is Cc1sc2nc(CSC(C)C(=O)N3CCN(Cc4ccc5c(c4)CCO5)CC3)[nH]c(=O)c2c1C. The number of carbonyl (C=O) groups excluding carboxylic acids is 1. The molecule has 0 aliphatic carbocycles. The molecule has 2 aliphatic heterocycles. The molecule has 1 amide bonds. The number of nitrogens with zero attached hydrogens (tertiary/aromatic N) is 3. The number of nitrogens with one attached hydrogen (secondary N) is 1. The predicted octanol–water partition coefficient (Wildman–Crippen LogP) is 3.50. The Morgan fingerprint density at radius 2 is 2.06 bits per heavy atom. The van der Waals surface area contributed by atoms with Crippen molar-refractivity contribution in [2.75, 3.05) is 32.8 Å². The Kier molecular flexibility index (Phi) is 6.68. The maximum atomic E-state index is 13.0. The Bertz CT molecular complexity index is 1280. The quantitative estimate of drug-likeness (QED) is 0.561. The minimum atomic E-state index is -0.184. The number of thiophene rings is 1. The first kappa shape index (κ1) is 23.4. The zero-order valence-corrected chi connectivity index (χ0v) is 21.5. The summed E-state index contributed by atoms with van der Waals surface area (Å²) in [7, 11) is 0. The largest absolute Gasteiger partial charge is 0.493 e. The Hall–Kier alpha value is -2.36. The van der Waals surface area contributed by atoms with Gasteiger partial charge in [-0.3, -0.25) is 14.5 Å². The highest BCUT2D eigenvalue weighted by atomic mass is 32.2. The molecule has 5 rings (SSSR count). The first-order chi connectivity index (χ1) is 16.4. The molecule has 3 aromatic rings. The van der Waals surface area contributed by atoms with Crippen LogP contribution in [0.4, 0.5) is 0 Å². The number of aryl methyl sites for hydroxylation is 2. The molecule has 0 bridgehead atoms. The van der Waals surface area contributed by atoms with Gasteiger partial charge < -0.3 is 14.6 Å². The lowest BCUT2D eigenvalue weighted by atomic mass is 10.1. The molecule has 2 aliphatic rings. The Balaban J connectivity index is 1.13. The number of aromatic amines is 1. The van der Waals surface area contributed by atoms with Gasteiger partial charge in [0.15, 0.2) is 0 Å². The summed E-state index contributed by atoms with van der Waals surface area (Å²) < 4.78 is 5.60. The van der Waals surface area contributed by atoms with Gasteiger partial charge in [-0.05, 0) is 43.5 Å². The number of thioether (sulfide) groups is 1. The van der Waals surface area contributed by atoms with Crippen LogP contribution in [0.1, 0.15) is 34.3 Å². The molecule has 1 unspecified atom stereocenters. The summed E-state index contributed by atoms with van der Waals surface area (Å²) in [6.07, 6.45) is 0.991. The smallest absolute Gasteiger partial charge is 0.259 e. The molecule has 180 valence electrons. The lowest BCUT2D eigenvalue weighted by Crippen LogP contribution is -2.50. The highest BCUT2D eigenvalue weighted by Crippen LogP contribution is 2.28. The van der Waals surface area contributed by atoms with Gasteiger partial charge in [-0.25, -0.2) is 4.98 Å². The van der Waals surface area contributed by atoms with Crippen LogP contribution in [0.5, 0.6) is 5.75 Å². The number of ether oxygens (including phenoxy) is 1. The molecule has 4 heterocycles. The summed E-state index contributed by atoms with van der Waals surface area (Å²) in [6, 6.07) is 6.49. The van der Waals surface area contributed by atoms with Crippen molar-refractivity contribution in [3.05, 3.63) is 55.9 Å². The van der Waals surface area contributed by atoms with Crippen LogP contribution in [0, 0.1) is 13.8 Å². The molecule has 1 atom stereocenters. The molecule has 2 aromatic heterocycles. The number of fused-ring (bicyclic) bond motifs is 2. The summed E-state index contributed by atoms with van der Waals surface area (Å²) in [5.74, 6) is 2.32. The average Bonchev–Trinajstić information content (AvgIpc) is 3.41. The van der Waals surface area contributed by atoms with Crippen molar-refractivity contribution in [1.29, 1.82) is 0 Å². The Labute approximate surface area is 207 Å². The van der Waals surface area contributed by atoms with Crippen LogP contribution in [-0.2, 0) is 23.5 Å². The number of amides is 1. The summed E-state index contributed by atoms with van der Waals surface area (Å²) in [6.45, 7) is 10.8. The normalized spacial score (nSPS) is 17.1. The Morgan fingerprint density at radius 1 is 1.26 bits per heavy atom. The van der Waals surface area contributed by atoms with Crippen molar-refractivity contribution in [2.45, 2.75) is 44.7 Å². The third kappa shape index (κ3) is 4.74. The highest BCUT2D eigenvalue weighted by Gasteiger charge is 2.26. The molecule has 1 N–H and O–H groups in total. The lowest BCUT2D eigenvalue weighted by molar-refractivity contribution is -0.132. The van der Waals surface area contributed by atoms with Gasteiger partial charge in [0, 0.05) is 44.0 Å². The van der Waals surface area contributed by atoms with Crippen molar-refractivity contribution in [1.82, 2.24) is 19.8 Å². The number of benzene rings is 1. The molecule has 1 fully saturated rings. The number of H-pyrrole nitrogens is 1. The fraction of sp³-hybridized carbons (Fsp3) is 0.480. The van der Waals surface area contributed by atoms with E-state index in [9.17, 15) is 9.59 Å². The van der Waals surface area contributed by atoms with Crippen molar-refractivity contribution in [2.24, 2.45) is 0 Å². The summed E-state index contributed by atoms with van der Waals surface area (Å²) >= 11 is 3.08. The zero-order valence-electron chi connectivity index (χ0n) is 19.8. The van der Waals surface area contributed by atoms with Gasteiger partial charge in [0.1, 0.15) is 16.4 Å². The number of piperazine rings is 1. The molecule has 34 heavy (non-hydrogen) atoms. The van der Waals surface area contributed by atoms with Crippen molar-refractivity contribution in [3.63, 3.8) is 0 Å². The van der Waals surface area contributed by atoms with E-state index >= 15 is 0 Å². The lowest BCUT2D eigenvalue weighted by Gasteiger charge is -2.36. The maximum absolute atomic E-state index is 13.0. The molecular formula is C25H30N4O3S2. The topological polar surface area (TPSA) is 78.5 Å². The molecule has 0 radical (unpaired) electrons. The van der Waals surface area contributed by atoms with Gasteiger partial charge in [-0.15, -0.1) is 23.1 Å². The second-order valence-corrected chi connectivity index (χ2v) is 11.6. The standard InChI is InChI=1S/C25H30N4O3S2/c1-15-16(2)34-24-22(15)23(30)26-21(27-24)14-33-17(3)25(31)29-9-7-28(8-10-29)13-18-4-5-20-19(12-18)6-11-32-20/h4-5,12,17H,6-11,13-14H2,1-3H3,(H,26,27,30). The molecule has 7 nitrogen and oxygen atoms in total. The monoisotopic (exact) mass is 498 g/mol. The second kappa shape index (κ2) is 9.71. The van der Waals surface area contributed by atoms with E-state index in [0.717, 1.165) is 66.8 Å². The summed E-state index contributed by atoms with van der Waals surface area (Å²) in [5, 5.41) is 0.502. The highest BCUT2D eigenvalue weighted by molar-refractivity contribution is 7.99. The Morgan fingerprint density at radius 3 is 2.85 bits per heavy atom. The number of hydrogen-bond acceptors (Lipinski definition) is 7. The van der Waals surface area contributed by atoms with Crippen LogP contribution >= 0.6 is 23.1 Å². The first-order valence-electron chi connectivity index (χ1n) is 11.8. The zero-order chi connectivity index (χ0) is 23.8. The van der Waals surface area contributed by atoms with Crippen molar-refractivity contribution >= 4 is 39.2 Å². The van der Waals surface area contributed by atoms with E-state index < -0.39 is 0 Å². The van der Waals surface area contributed by atoms with Crippen LogP contribution in [0.2, 0.25) is 0 Å². The number of rotatable bonds is 6. The van der Waals surface area contributed by atoms with Crippen LogP contribution in [0.25, 0.3) is 10.2 Å². The summed E-state index contributed by atoms with van der Waals surface area (Å²) in [5.41, 5.74) is 3.52. The molecule has 1 saturated heterocycles. The third-order valence-corrected chi connectivity index (χ3v) is 8.99. The van der Waals surface area contributed by atoms with Crippen LogP contribution < -0.4 is 10.3 Å². The van der Waals surface area contributed by atoms with Gasteiger partial charge in [-0.1, -0.05) is 12.1 Å². The van der Waals surface area contributed by atoms with E-state index in [2.05, 4.69) is 33.1 Å². The number of carbonyl (C=O) groups is 1. The van der Waals surface area contributed by atoms with Crippen molar-refractivity contribution < 1.29 is 9.53 Å². The minimum absolute atomic E-state index is 0.0894. The van der Waals surface area contributed by atoms with Gasteiger partial charge in [0.25, 0.3) is 5.56 Å². The fourth-order valence-electron chi connectivity index (χ4n) is 4.62. The van der Waals surface area contributed by atoms with Gasteiger partial charge in [0.2, 0.25) is 5.91 Å². The van der Waals surface area contributed by atoms with Crippen LogP contribution in [0.15, 0.2) is 23.0 Å². The molecule has 0 spiro atoms. The van der Waals surface area contributed by atoms with Gasteiger partial charge in [0.05, 0.1) is 23.0 Å². The second-order valence-electron chi connectivity index (χ2n) is 9.07. The molecular weight excluding hydrogens is 468 g/mol. The van der Waals surface area contributed by atoms with Gasteiger partial charge in [-0.2, -0.15) is 0 Å². The average molecular weight is 499 g/mol. The van der Waals surface area contributed by atoms with E-state index in [4.69, 9.17) is 4.74 Å². The predicted molar refractivity (Wildman–Crippen MR) is 138 cm³/mol. The number of hydrogen-bond donors (Lipinski definition) is 1. The molecule has 1 aromatic carbocycles. The fourth-order valence-corrected chi connectivity index (χ4v) is 6.51. The van der Waals surface area contributed by atoms with Crippen LogP contribution in [-0.4, -0.2) is 63.7 Å². The van der Waals surface area contributed by atoms with Crippen molar-refractivity contribution in [3.8, 4) is 5.75 Å². The van der Waals surface area contributed by atoms with E-state index in [1.54, 1.807) is 11.3 Å². The van der Waals surface area contributed by atoms with Crippen LogP contribution in [0.3, 0.4) is 0 Å². The summed E-state index contributed by atoms with van der Waals surface area (Å²) in [4.78, 5) is 39.3. The first-order valence-corrected chi connectivity index (χ1v) is 13.6. The molecule has 9 heteroatoms. The molecule has 0 saturated carbocycles. The van der Waals surface area contributed by atoms with E-state index in [1.165, 1.54) is 22.9 Å².